The fraction of sp³-hybridized carbons (Fsp3) is 0.267. The van der Waals surface area contributed by atoms with E-state index in [4.69, 9.17) is 0 Å². The van der Waals surface area contributed by atoms with Gasteiger partial charge in [-0.3, -0.25) is 14.6 Å². The smallest absolute Gasteiger partial charge is 0.223 e. The number of carbonyl (C=O) groups excluding carboxylic acids is 2. The zero-order valence-electron chi connectivity index (χ0n) is 10.9. The summed E-state index contributed by atoms with van der Waals surface area (Å²) in [6.07, 6.45) is 4.11. The second kappa shape index (κ2) is 5.54. The molecule has 2 aromatic rings. The summed E-state index contributed by atoms with van der Waals surface area (Å²) in [5.74, 6) is 0.0813. The average molecular weight is 286 g/mol. The van der Waals surface area contributed by atoms with Crippen molar-refractivity contribution < 1.29 is 9.59 Å². The number of amides is 1. The van der Waals surface area contributed by atoms with Crippen LogP contribution in [0.2, 0.25) is 0 Å². The highest BCUT2D eigenvalue weighted by atomic mass is 32.1. The van der Waals surface area contributed by atoms with Gasteiger partial charge in [-0.2, -0.15) is 0 Å². The van der Waals surface area contributed by atoms with Gasteiger partial charge in [0.2, 0.25) is 5.91 Å². The Labute approximate surface area is 121 Å². The van der Waals surface area contributed by atoms with Crippen LogP contribution in [0, 0.1) is 0 Å². The monoisotopic (exact) mass is 286 g/mol. The molecule has 2 aromatic heterocycles. The first-order valence-electron chi connectivity index (χ1n) is 6.50. The summed E-state index contributed by atoms with van der Waals surface area (Å²) in [7, 11) is 0. The molecule has 1 aliphatic heterocycles. The zero-order chi connectivity index (χ0) is 13.9. The van der Waals surface area contributed by atoms with Crippen LogP contribution in [0.5, 0.6) is 0 Å². The van der Waals surface area contributed by atoms with Crippen LogP contribution in [0.1, 0.15) is 33.6 Å². The summed E-state index contributed by atoms with van der Waals surface area (Å²) in [6, 6.07) is 5.60. The number of pyridine rings is 1. The van der Waals surface area contributed by atoms with Gasteiger partial charge in [-0.15, -0.1) is 11.3 Å². The van der Waals surface area contributed by atoms with Crippen LogP contribution < -0.4 is 0 Å². The predicted molar refractivity (Wildman–Crippen MR) is 76.4 cm³/mol. The van der Waals surface area contributed by atoms with Gasteiger partial charge in [0.25, 0.3) is 0 Å². The summed E-state index contributed by atoms with van der Waals surface area (Å²) in [4.78, 5) is 30.6. The third-order valence-electron chi connectivity index (χ3n) is 3.44. The molecule has 0 unspecified atom stereocenters. The molecule has 5 heteroatoms. The van der Waals surface area contributed by atoms with Crippen molar-refractivity contribution in [3.63, 3.8) is 0 Å². The Bertz CT molecular complexity index is 612. The molecule has 20 heavy (non-hydrogen) atoms. The number of ketones is 1. The quantitative estimate of drug-likeness (QED) is 0.812. The molecule has 0 bridgehead atoms. The van der Waals surface area contributed by atoms with Gasteiger partial charge in [-0.25, -0.2) is 0 Å². The molecule has 102 valence electrons. The number of rotatable bonds is 4. The lowest BCUT2D eigenvalue weighted by Crippen LogP contribution is -2.25. The van der Waals surface area contributed by atoms with Crippen LogP contribution in [0.15, 0.2) is 36.0 Å². The molecule has 4 nitrogen and oxygen atoms in total. The number of carbonyl (C=O) groups is 2. The highest BCUT2D eigenvalue weighted by Crippen LogP contribution is 2.22. The number of Topliss-reactive ketones (excluding diaryl/α,β-unsaturated/α-hetero) is 1. The normalized spacial score (nSPS) is 13.3. The van der Waals surface area contributed by atoms with Crippen molar-refractivity contribution in [1.82, 2.24) is 9.88 Å². The van der Waals surface area contributed by atoms with Crippen molar-refractivity contribution >= 4 is 23.0 Å². The predicted octanol–water partition coefficient (Wildman–Crippen LogP) is 2.65. The summed E-state index contributed by atoms with van der Waals surface area (Å²) in [5, 5.41) is 1.87. The Balaban J connectivity index is 1.55. The third-order valence-corrected chi connectivity index (χ3v) is 4.35. The maximum absolute atomic E-state index is 12.1. The van der Waals surface area contributed by atoms with Crippen molar-refractivity contribution in [2.24, 2.45) is 0 Å². The standard InChI is InChI=1S/C15H14N2O2S/c18-13(14-2-1-7-20-14)3-4-15(19)17-9-11-5-6-16-8-12(11)10-17/h1-2,5-8H,3-4,9-10H2. The summed E-state index contributed by atoms with van der Waals surface area (Å²) in [6.45, 7) is 1.24. The van der Waals surface area contributed by atoms with E-state index < -0.39 is 0 Å². The number of nitrogens with zero attached hydrogens (tertiary/aromatic N) is 2. The van der Waals surface area contributed by atoms with Crippen molar-refractivity contribution in [3.05, 3.63) is 52.0 Å². The molecule has 0 aromatic carbocycles. The topological polar surface area (TPSA) is 50.3 Å². The zero-order valence-corrected chi connectivity index (χ0v) is 11.7. The number of hydrogen-bond donors (Lipinski definition) is 0. The van der Waals surface area contributed by atoms with E-state index in [9.17, 15) is 9.59 Å². The van der Waals surface area contributed by atoms with Gasteiger partial charge in [-0.05, 0) is 28.6 Å². The van der Waals surface area contributed by atoms with Gasteiger partial charge in [-0.1, -0.05) is 6.07 Å². The van der Waals surface area contributed by atoms with Crippen LogP contribution in [0.25, 0.3) is 0 Å². The van der Waals surface area contributed by atoms with E-state index >= 15 is 0 Å². The third kappa shape index (κ3) is 2.63. The minimum atomic E-state index is 0.0334. The molecular weight excluding hydrogens is 272 g/mol. The summed E-state index contributed by atoms with van der Waals surface area (Å²) < 4.78 is 0. The Morgan fingerprint density at radius 1 is 1.20 bits per heavy atom. The molecule has 3 heterocycles. The minimum Gasteiger partial charge on any atom is -0.334 e. The van der Waals surface area contributed by atoms with E-state index in [0.29, 0.717) is 13.1 Å². The number of fused-ring (bicyclic) bond motifs is 1. The van der Waals surface area contributed by atoms with E-state index in [-0.39, 0.29) is 24.5 Å². The Kier molecular flexibility index (Phi) is 3.60. The van der Waals surface area contributed by atoms with E-state index in [0.717, 1.165) is 16.0 Å². The lowest BCUT2D eigenvalue weighted by atomic mass is 10.2. The van der Waals surface area contributed by atoms with E-state index in [2.05, 4.69) is 4.98 Å². The molecule has 0 saturated carbocycles. The number of thiophene rings is 1. The average Bonchev–Trinajstić information content (AvgIpc) is 3.12. The molecule has 0 N–H and O–H groups in total. The number of hydrogen-bond acceptors (Lipinski definition) is 4. The molecule has 0 fully saturated rings. The Morgan fingerprint density at radius 3 is 2.80 bits per heavy atom. The van der Waals surface area contributed by atoms with Crippen molar-refractivity contribution in [2.75, 3.05) is 0 Å². The fourth-order valence-electron chi connectivity index (χ4n) is 2.34. The molecule has 0 radical (unpaired) electrons. The Hall–Kier alpha value is -2.01. The van der Waals surface area contributed by atoms with Gasteiger partial charge < -0.3 is 4.90 Å². The van der Waals surface area contributed by atoms with Gasteiger partial charge in [0.1, 0.15) is 0 Å². The van der Waals surface area contributed by atoms with E-state index in [1.54, 1.807) is 23.4 Å². The Morgan fingerprint density at radius 2 is 2.05 bits per heavy atom. The lowest BCUT2D eigenvalue weighted by Gasteiger charge is -2.14. The first-order valence-corrected chi connectivity index (χ1v) is 7.38. The maximum atomic E-state index is 12.1. The van der Waals surface area contributed by atoms with Crippen molar-refractivity contribution in [3.8, 4) is 0 Å². The van der Waals surface area contributed by atoms with Crippen molar-refractivity contribution in [2.45, 2.75) is 25.9 Å². The first-order chi connectivity index (χ1) is 9.74. The minimum absolute atomic E-state index is 0.0334. The summed E-state index contributed by atoms with van der Waals surface area (Å²) in [5.41, 5.74) is 2.25. The first kappa shape index (κ1) is 13.0. The van der Waals surface area contributed by atoms with Gasteiger partial charge in [0.05, 0.1) is 4.88 Å². The molecule has 0 aliphatic carbocycles. The largest absolute Gasteiger partial charge is 0.334 e. The second-order valence-corrected chi connectivity index (χ2v) is 5.74. The maximum Gasteiger partial charge on any atom is 0.223 e. The van der Waals surface area contributed by atoms with E-state index in [1.165, 1.54) is 11.3 Å². The van der Waals surface area contributed by atoms with Crippen LogP contribution >= 0.6 is 11.3 Å². The van der Waals surface area contributed by atoms with Crippen molar-refractivity contribution in [1.29, 1.82) is 0 Å². The fourth-order valence-corrected chi connectivity index (χ4v) is 3.03. The molecule has 0 spiro atoms. The van der Waals surface area contributed by atoms with Crippen LogP contribution in [-0.2, 0) is 17.9 Å². The molecule has 1 aliphatic rings. The second-order valence-electron chi connectivity index (χ2n) is 4.79. The summed E-state index contributed by atoms with van der Waals surface area (Å²) >= 11 is 1.42. The van der Waals surface area contributed by atoms with Crippen LogP contribution in [-0.4, -0.2) is 21.6 Å². The molecular formula is C15H14N2O2S. The lowest BCUT2D eigenvalue weighted by molar-refractivity contribution is -0.131. The molecule has 0 atom stereocenters. The van der Waals surface area contributed by atoms with Gasteiger partial charge >= 0.3 is 0 Å². The molecule has 1 amide bonds. The van der Waals surface area contributed by atoms with Gasteiger partial charge in [0.15, 0.2) is 5.78 Å². The van der Waals surface area contributed by atoms with E-state index in [1.807, 2.05) is 17.5 Å². The molecule has 3 rings (SSSR count). The van der Waals surface area contributed by atoms with Crippen LogP contribution in [0.3, 0.4) is 0 Å². The highest BCUT2D eigenvalue weighted by Gasteiger charge is 2.23. The highest BCUT2D eigenvalue weighted by molar-refractivity contribution is 7.12. The number of aromatic nitrogens is 1. The van der Waals surface area contributed by atoms with Crippen LogP contribution in [0.4, 0.5) is 0 Å². The SMILES string of the molecule is O=C(CCC(=O)N1Cc2ccncc2C1)c1cccs1. The van der Waals surface area contributed by atoms with Gasteiger partial charge in [0, 0.05) is 38.3 Å². The molecule has 0 saturated heterocycles.